The summed E-state index contributed by atoms with van der Waals surface area (Å²) in [5.74, 6) is -0.337. The molecule has 1 atom stereocenters. The number of anilines is 1. The van der Waals surface area contributed by atoms with Crippen LogP contribution in [0.3, 0.4) is 0 Å². The summed E-state index contributed by atoms with van der Waals surface area (Å²) in [6.45, 7) is 4.26. The normalized spacial score (nSPS) is 12.5. The van der Waals surface area contributed by atoms with Crippen LogP contribution in [0.1, 0.15) is 12.5 Å². The fourth-order valence-corrected chi connectivity index (χ4v) is 3.13. The Bertz CT molecular complexity index is 775. The van der Waals surface area contributed by atoms with E-state index in [9.17, 15) is 4.79 Å². The molecule has 0 radical (unpaired) electrons. The molecule has 1 N–H and O–H groups in total. The molecule has 22 heavy (non-hydrogen) atoms. The average Bonchev–Trinajstić information content (AvgIpc) is 3.09. The number of aryl methyl sites for hydroxylation is 1. The number of benzene rings is 1. The van der Waals surface area contributed by atoms with Gasteiger partial charge in [-0.05, 0) is 24.6 Å². The number of aromatic nitrogens is 4. The van der Waals surface area contributed by atoms with Crippen LogP contribution in [0.4, 0.5) is 5.13 Å². The van der Waals surface area contributed by atoms with Gasteiger partial charge in [0.1, 0.15) is 12.7 Å². The van der Waals surface area contributed by atoms with Crippen molar-refractivity contribution in [3.8, 4) is 0 Å². The van der Waals surface area contributed by atoms with Crippen LogP contribution < -0.4 is 5.32 Å². The molecule has 0 fully saturated rings. The number of hydrogen-bond acceptors (Lipinski definition) is 5. The zero-order valence-corrected chi connectivity index (χ0v) is 13.6. The summed E-state index contributed by atoms with van der Waals surface area (Å²) in [5, 5.41) is 8.10. The van der Waals surface area contributed by atoms with Gasteiger partial charge in [0, 0.05) is 5.02 Å². The van der Waals surface area contributed by atoms with E-state index in [4.69, 9.17) is 11.6 Å². The Kier molecular flexibility index (Phi) is 4.08. The van der Waals surface area contributed by atoms with Gasteiger partial charge >= 0.3 is 0 Å². The van der Waals surface area contributed by atoms with Gasteiger partial charge in [0.2, 0.25) is 5.91 Å². The van der Waals surface area contributed by atoms with E-state index < -0.39 is 0 Å². The summed E-state index contributed by atoms with van der Waals surface area (Å²) in [7, 11) is 0. The lowest BCUT2D eigenvalue weighted by molar-refractivity contribution is -0.119. The molecule has 114 valence electrons. The van der Waals surface area contributed by atoms with Gasteiger partial charge in [-0.2, -0.15) is 5.10 Å². The molecule has 2 heterocycles. The number of carbonyl (C=O) groups excluding carboxylic acids is 1. The second-order valence-corrected chi connectivity index (χ2v) is 6.53. The SMILES string of the molecule is Cc1cc2sc(NC(=O)C(C)Cn3cncn3)nc2cc1Cl. The van der Waals surface area contributed by atoms with Crippen LogP contribution in [0.25, 0.3) is 10.2 Å². The highest BCUT2D eigenvalue weighted by atomic mass is 35.5. The van der Waals surface area contributed by atoms with E-state index in [-0.39, 0.29) is 11.8 Å². The quantitative estimate of drug-likeness (QED) is 0.795. The zero-order chi connectivity index (χ0) is 15.7. The predicted molar refractivity (Wildman–Crippen MR) is 87.2 cm³/mol. The zero-order valence-electron chi connectivity index (χ0n) is 12.1. The van der Waals surface area contributed by atoms with Gasteiger partial charge in [0.15, 0.2) is 5.13 Å². The molecule has 6 nitrogen and oxygen atoms in total. The third-order valence-corrected chi connectivity index (χ3v) is 4.61. The summed E-state index contributed by atoms with van der Waals surface area (Å²) in [6.07, 6.45) is 3.04. The van der Waals surface area contributed by atoms with E-state index in [1.807, 2.05) is 26.0 Å². The van der Waals surface area contributed by atoms with Crippen LogP contribution in [0.2, 0.25) is 5.02 Å². The highest BCUT2D eigenvalue weighted by molar-refractivity contribution is 7.22. The summed E-state index contributed by atoms with van der Waals surface area (Å²) in [6, 6.07) is 3.79. The van der Waals surface area contributed by atoms with Crippen molar-refractivity contribution in [1.82, 2.24) is 19.7 Å². The standard InChI is InChI=1S/C14H14ClN5OS/c1-8-3-12-11(4-10(8)15)18-14(22-12)19-13(21)9(2)5-20-7-16-6-17-20/h3-4,6-7,9H,5H2,1-2H3,(H,18,19,21). The highest BCUT2D eigenvalue weighted by Gasteiger charge is 2.16. The summed E-state index contributed by atoms with van der Waals surface area (Å²) in [5.41, 5.74) is 1.79. The minimum absolute atomic E-state index is 0.0997. The molecule has 1 amide bonds. The Morgan fingerprint density at radius 1 is 1.50 bits per heavy atom. The number of fused-ring (bicyclic) bond motifs is 1. The third kappa shape index (κ3) is 3.10. The van der Waals surface area contributed by atoms with Crippen molar-refractivity contribution in [3.63, 3.8) is 0 Å². The second kappa shape index (κ2) is 6.02. The summed E-state index contributed by atoms with van der Waals surface area (Å²) >= 11 is 7.53. The van der Waals surface area contributed by atoms with Crippen molar-refractivity contribution in [2.24, 2.45) is 5.92 Å². The monoisotopic (exact) mass is 335 g/mol. The van der Waals surface area contributed by atoms with Gasteiger partial charge in [0.25, 0.3) is 0 Å². The lowest BCUT2D eigenvalue weighted by atomic mass is 10.2. The van der Waals surface area contributed by atoms with Gasteiger partial charge < -0.3 is 5.32 Å². The number of halogens is 1. The lowest BCUT2D eigenvalue weighted by Gasteiger charge is -2.09. The van der Waals surface area contributed by atoms with E-state index in [0.717, 1.165) is 15.8 Å². The Morgan fingerprint density at radius 3 is 3.05 bits per heavy atom. The summed E-state index contributed by atoms with van der Waals surface area (Å²) in [4.78, 5) is 20.5. The average molecular weight is 336 g/mol. The number of hydrogen-bond donors (Lipinski definition) is 1. The molecule has 0 saturated carbocycles. The lowest BCUT2D eigenvalue weighted by Crippen LogP contribution is -2.24. The number of rotatable bonds is 4. The Labute approximate surface area is 136 Å². The first-order valence-electron chi connectivity index (χ1n) is 6.73. The number of nitrogens with one attached hydrogen (secondary N) is 1. The van der Waals surface area contributed by atoms with Crippen molar-refractivity contribution in [2.45, 2.75) is 20.4 Å². The molecule has 0 saturated heterocycles. The van der Waals surface area contributed by atoms with Crippen LogP contribution in [0.15, 0.2) is 24.8 Å². The molecule has 0 aliphatic carbocycles. The molecule has 1 unspecified atom stereocenters. The molecule has 2 aromatic heterocycles. The maximum Gasteiger partial charge on any atom is 0.230 e. The first-order chi connectivity index (χ1) is 10.5. The molecule has 0 aliphatic rings. The van der Waals surface area contributed by atoms with Gasteiger partial charge in [-0.15, -0.1) is 0 Å². The van der Waals surface area contributed by atoms with Crippen molar-refractivity contribution in [1.29, 1.82) is 0 Å². The van der Waals surface area contributed by atoms with Crippen molar-refractivity contribution in [3.05, 3.63) is 35.4 Å². The van der Waals surface area contributed by atoms with Gasteiger partial charge in [-0.25, -0.2) is 9.97 Å². The van der Waals surface area contributed by atoms with Gasteiger partial charge in [0.05, 0.1) is 22.7 Å². The molecule has 8 heteroatoms. The van der Waals surface area contributed by atoms with Crippen LogP contribution >= 0.6 is 22.9 Å². The van der Waals surface area contributed by atoms with E-state index in [2.05, 4.69) is 20.4 Å². The molecule has 1 aromatic carbocycles. The fourth-order valence-electron chi connectivity index (χ4n) is 2.02. The van der Waals surface area contributed by atoms with Crippen LogP contribution in [0.5, 0.6) is 0 Å². The molecular formula is C14H14ClN5OS. The number of nitrogens with zero attached hydrogens (tertiary/aromatic N) is 4. The minimum Gasteiger partial charge on any atom is -0.302 e. The molecule has 3 aromatic rings. The minimum atomic E-state index is -0.237. The maximum absolute atomic E-state index is 12.2. The maximum atomic E-state index is 12.2. The first kappa shape index (κ1) is 14.9. The Balaban J connectivity index is 1.73. The van der Waals surface area contributed by atoms with Crippen molar-refractivity contribution < 1.29 is 4.79 Å². The van der Waals surface area contributed by atoms with Crippen molar-refractivity contribution in [2.75, 3.05) is 5.32 Å². The van der Waals surface area contributed by atoms with Crippen molar-refractivity contribution >= 4 is 44.2 Å². The molecular weight excluding hydrogens is 322 g/mol. The molecule has 0 aliphatic heterocycles. The topological polar surface area (TPSA) is 72.7 Å². The number of thiazole rings is 1. The second-order valence-electron chi connectivity index (χ2n) is 5.10. The first-order valence-corrected chi connectivity index (χ1v) is 7.92. The number of carbonyl (C=O) groups is 1. The Morgan fingerprint density at radius 2 is 2.32 bits per heavy atom. The van der Waals surface area contributed by atoms with Crippen LogP contribution in [-0.2, 0) is 11.3 Å². The predicted octanol–water partition coefficient (Wildman–Crippen LogP) is 3.12. The fraction of sp³-hybridized carbons (Fsp3) is 0.286. The van der Waals surface area contributed by atoms with Crippen LogP contribution in [-0.4, -0.2) is 25.7 Å². The molecule has 3 rings (SSSR count). The van der Waals surface area contributed by atoms with Gasteiger partial charge in [-0.1, -0.05) is 29.9 Å². The van der Waals surface area contributed by atoms with E-state index in [0.29, 0.717) is 16.7 Å². The molecule has 0 spiro atoms. The van der Waals surface area contributed by atoms with Gasteiger partial charge in [-0.3, -0.25) is 9.48 Å². The van der Waals surface area contributed by atoms with E-state index >= 15 is 0 Å². The Hall–Kier alpha value is -1.99. The third-order valence-electron chi connectivity index (χ3n) is 3.27. The molecule has 0 bridgehead atoms. The van der Waals surface area contributed by atoms with E-state index in [1.165, 1.54) is 17.7 Å². The van der Waals surface area contributed by atoms with Crippen LogP contribution in [0, 0.1) is 12.8 Å². The summed E-state index contributed by atoms with van der Waals surface area (Å²) < 4.78 is 2.63. The van der Waals surface area contributed by atoms with E-state index in [1.54, 1.807) is 11.0 Å². The number of amides is 1. The highest BCUT2D eigenvalue weighted by Crippen LogP contribution is 2.30. The largest absolute Gasteiger partial charge is 0.302 e. The smallest absolute Gasteiger partial charge is 0.230 e.